The minimum absolute atomic E-state index is 0.0704. The van der Waals surface area contributed by atoms with Gasteiger partial charge in [0.2, 0.25) is 11.7 Å². The maximum atomic E-state index is 12.9. The maximum Gasteiger partial charge on any atom is 0.417 e. The molecule has 2 aromatic rings. The van der Waals surface area contributed by atoms with Crippen LogP contribution in [0, 0.1) is 0 Å². The van der Waals surface area contributed by atoms with Crippen molar-refractivity contribution in [2.24, 2.45) is 0 Å². The first-order valence-electron chi connectivity index (χ1n) is 4.75. The smallest absolute Gasteiger partial charge is 0.334 e. The van der Waals surface area contributed by atoms with Crippen LogP contribution in [0.15, 0.2) is 33.8 Å². The van der Waals surface area contributed by atoms with Gasteiger partial charge in [-0.3, -0.25) is 0 Å². The SMILES string of the molecule is C=Cc1nc(-c2ccc(Br)cc2C(F)(F)F)no1. The zero-order valence-electron chi connectivity index (χ0n) is 8.83. The van der Waals surface area contributed by atoms with Crippen LogP contribution in [-0.2, 0) is 6.18 Å². The van der Waals surface area contributed by atoms with Crippen molar-refractivity contribution in [3.05, 3.63) is 40.7 Å². The summed E-state index contributed by atoms with van der Waals surface area (Å²) in [7, 11) is 0. The van der Waals surface area contributed by atoms with Crippen LogP contribution in [0.3, 0.4) is 0 Å². The summed E-state index contributed by atoms with van der Waals surface area (Å²) in [6, 6.07) is 3.73. The third-order valence-corrected chi connectivity index (χ3v) is 2.64. The summed E-state index contributed by atoms with van der Waals surface area (Å²) in [5.74, 6) is -0.0502. The molecule has 0 radical (unpaired) electrons. The van der Waals surface area contributed by atoms with Crippen LogP contribution in [0.4, 0.5) is 13.2 Å². The van der Waals surface area contributed by atoms with Gasteiger partial charge in [-0.1, -0.05) is 27.7 Å². The van der Waals surface area contributed by atoms with E-state index in [4.69, 9.17) is 4.52 Å². The largest absolute Gasteiger partial charge is 0.417 e. The molecule has 0 bridgehead atoms. The Morgan fingerprint density at radius 3 is 2.61 bits per heavy atom. The van der Waals surface area contributed by atoms with Crippen molar-refractivity contribution in [2.75, 3.05) is 0 Å². The van der Waals surface area contributed by atoms with E-state index in [0.29, 0.717) is 4.47 Å². The van der Waals surface area contributed by atoms with Gasteiger partial charge in [-0.05, 0) is 24.3 Å². The lowest BCUT2D eigenvalue weighted by Crippen LogP contribution is -2.07. The molecule has 0 aliphatic carbocycles. The third kappa shape index (κ3) is 2.45. The highest BCUT2D eigenvalue weighted by Gasteiger charge is 2.35. The molecule has 0 amide bonds. The highest BCUT2D eigenvalue weighted by Crippen LogP contribution is 2.37. The average molecular weight is 319 g/mol. The molecule has 3 nitrogen and oxygen atoms in total. The molecule has 0 fully saturated rings. The number of nitrogens with zero attached hydrogens (tertiary/aromatic N) is 2. The van der Waals surface area contributed by atoms with Crippen LogP contribution < -0.4 is 0 Å². The van der Waals surface area contributed by atoms with Gasteiger partial charge in [0.05, 0.1) is 5.56 Å². The summed E-state index contributed by atoms with van der Waals surface area (Å²) >= 11 is 3.00. The third-order valence-electron chi connectivity index (χ3n) is 2.14. The van der Waals surface area contributed by atoms with Gasteiger partial charge in [-0.15, -0.1) is 0 Å². The Labute approximate surface area is 108 Å². The van der Waals surface area contributed by atoms with E-state index in [1.807, 2.05) is 0 Å². The van der Waals surface area contributed by atoms with Crippen molar-refractivity contribution in [3.63, 3.8) is 0 Å². The first kappa shape index (κ1) is 12.8. The maximum absolute atomic E-state index is 12.9. The van der Waals surface area contributed by atoms with E-state index in [2.05, 4.69) is 32.6 Å². The fraction of sp³-hybridized carbons (Fsp3) is 0.0909. The van der Waals surface area contributed by atoms with Crippen LogP contribution in [0.1, 0.15) is 11.5 Å². The molecule has 0 atom stereocenters. The van der Waals surface area contributed by atoms with Gasteiger partial charge < -0.3 is 4.52 Å². The molecule has 0 unspecified atom stereocenters. The number of hydrogen-bond acceptors (Lipinski definition) is 3. The molecule has 0 spiro atoms. The fourth-order valence-electron chi connectivity index (χ4n) is 1.37. The summed E-state index contributed by atoms with van der Waals surface area (Å²) in [5.41, 5.74) is -0.962. The highest BCUT2D eigenvalue weighted by molar-refractivity contribution is 9.10. The summed E-state index contributed by atoms with van der Waals surface area (Å²) in [4.78, 5) is 3.79. The van der Waals surface area contributed by atoms with Crippen LogP contribution in [0.5, 0.6) is 0 Å². The molecule has 0 saturated heterocycles. The molecular formula is C11H6BrF3N2O. The molecule has 7 heteroatoms. The molecule has 0 aliphatic heterocycles. The van der Waals surface area contributed by atoms with E-state index in [9.17, 15) is 13.2 Å². The van der Waals surface area contributed by atoms with Crippen LogP contribution in [-0.4, -0.2) is 10.1 Å². The molecular weight excluding hydrogens is 313 g/mol. The molecule has 0 N–H and O–H groups in total. The van der Waals surface area contributed by atoms with Gasteiger partial charge in [0.15, 0.2) is 0 Å². The summed E-state index contributed by atoms with van der Waals surface area (Å²) in [5, 5.41) is 3.49. The number of alkyl halides is 3. The van der Waals surface area contributed by atoms with Gasteiger partial charge in [0.1, 0.15) is 0 Å². The Kier molecular flexibility index (Phi) is 3.25. The van der Waals surface area contributed by atoms with E-state index in [0.717, 1.165) is 6.07 Å². The predicted molar refractivity (Wildman–Crippen MR) is 62.5 cm³/mol. The normalized spacial score (nSPS) is 11.6. The second-order valence-corrected chi connectivity index (χ2v) is 4.26. The monoisotopic (exact) mass is 318 g/mol. The first-order valence-corrected chi connectivity index (χ1v) is 5.54. The van der Waals surface area contributed by atoms with Gasteiger partial charge in [-0.25, -0.2) is 0 Å². The lowest BCUT2D eigenvalue weighted by atomic mass is 10.1. The summed E-state index contributed by atoms with van der Waals surface area (Å²) in [6.45, 7) is 3.40. The zero-order valence-corrected chi connectivity index (χ0v) is 10.4. The van der Waals surface area contributed by atoms with Crippen molar-refractivity contribution in [1.82, 2.24) is 10.1 Å². The van der Waals surface area contributed by atoms with E-state index in [-0.39, 0.29) is 17.3 Å². The van der Waals surface area contributed by atoms with Gasteiger partial charge in [0, 0.05) is 10.0 Å². The molecule has 1 heterocycles. The van der Waals surface area contributed by atoms with Crippen molar-refractivity contribution < 1.29 is 17.7 Å². The average Bonchev–Trinajstić information content (AvgIpc) is 2.76. The minimum atomic E-state index is -4.49. The first-order chi connectivity index (χ1) is 8.41. The Balaban J connectivity index is 2.60. The van der Waals surface area contributed by atoms with Gasteiger partial charge in [0.25, 0.3) is 0 Å². The summed E-state index contributed by atoms with van der Waals surface area (Å²) in [6.07, 6.45) is -3.23. The topological polar surface area (TPSA) is 38.9 Å². The van der Waals surface area contributed by atoms with Crippen molar-refractivity contribution >= 4 is 22.0 Å². The molecule has 1 aromatic heterocycles. The lowest BCUT2D eigenvalue weighted by Gasteiger charge is -2.10. The lowest BCUT2D eigenvalue weighted by molar-refractivity contribution is -0.137. The minimum Gasteiger partial charge on any atom is -0.334 e. The van der Waals surface area contributed by atoms with E-state index in [1.54, 1.807) is 0 Å². The molecule has 0 saturated carbocycles. The van der Waals surface area contributed by atoms with Gasteiger partial charge in [-0.2, -0.15) is 18.2 Å². The number of halogens is 4. The second-order valence-electron chi connectivity index (χ2n) is 3.35. The molecule has 0 aliphatic rings. The Hall–Kier alpha value is -1.63. The van der Waals surface area contributed by atoms with Crippen LogP contribution in [0.2, 0.25) is 0 Å². The van der Waals surface area contributed by atoms with Gasteiger partial charge >= 0.3 is 6.18 Å². The van der Waals surface area contributed by atoms with Crippen molar-refractivity contribution in [3.8, 4) is 11.4 Å². The van der Waals surface area contributed by atoms with Crippen molar-refractivity contribution in [1.29, 1.82) is 0 Å². The quantitative estimate of drug-likeness (QED) is 0.834. The number of aromatic nitrogens is 2. The highest BCUT2D eigenvalue weighted by atomic mass is 79.9. The zero-order chi connectivity index (χ0) is 13.3. The summed E-state index contributed by atoms with van der Waals surface area (Å²) < 4.78 is 43.7. The van der Waals surface area contributed by atoms with Crippen LogP contribution >= 0.6 is 15.9 Å². The molecule has 2 rings (SSSR count). The van der Waals surface area contributed by atoms with E-state index < -0.39 is 11.7 Å². The standard InChI is InChI=1S/C11H6BrF3N2O/c1-2-9-16-10(17-18-9)7-4-3-6(12)5-8(7)11(13,14)15/h2-5H,1H2. The number of hydrogen-bond donors (Lipinski definition) is 0. The second kappa shape index (κ2) is 4.56. The fourth-order valence-corrected chi connectivity index (χ4v) is 1.73. The Bertz CT molecular complexity index is 592. The van der Waals surface area contributed by atoms with E-state index in [1.165, 1.54) is 18.2 Å². The Morgan fingerprint density at radius 1 is 1.33 bits per heavy atom. The number of rotatable bonds is 2. The van der Waals surface area contributed by atoms with E-state index >= 15 is 0 Å². The molecule has 18 heavy (non-hydrogen) atoms. The molecule has 94 valence electrons. The number of benzene rings is 1. The molecule has 1 aromatic carbocycles. The van der Waals surface area contributed by atoms with Crippen molar-refractivity contribution in [2.45, 2.75) is 6.18 Å². The Morgan fingerprint density at radius 2 is 2.06 bits per heavy atom. The predicted octanol–water partition coefficient (Wildman–Crippen LogP) is 4.16. The van der Waals surface area contributed by atoms with Crippen LogP contribution in [0.25, 0.3) is 17.5 Å².